The SMILES string of the molecule is CC(C)(C)[C@@H](N)c1cccc(Br)c1O.Cl. The molecule has 0 aliphatic heterocycles. The second-order valence-electron chi connectivity index (χ2n) is 4.52. The van der Waals surface area contributed by atoms with Crippen LogP contribution in [0.3, 0.4) is 0 Å². The number of phenolic OH excluding ortho intramolecular Hbond substituents is 1. The fourth-order valence-electron chi connectivity index (χ4n) is 1.25. The zero-order valence-corrected chi connectivity index (χ0v) is 11.5. The Balaban J connectivity index is 0.00000196. The highest BCUT2D eigenvalue weighted by molar-refractivity contribution is 9.10. The molecule has 3 N–H and O–H groups in total. The number of hydrogen-bond donors (Lipinski definition) is 2. The van der Waals surface area contributed by atoms with Gasteiger partial charge < -0.3 is 10.8 Å². The summed E-state index contributed by atoms with van der Waals surface area (Å²) in [7, 11) is 0. The second kappa shape index (κ2) is 5.19. The Hall–Kier alpha value is -0.250. The summed E-state index contributed by atoms with van der Waals surface area (Å²) in [6.07, 6.45) is 0. The Morgan fingerprint density at radius 2 is 1.87 bits per heavy atom. The second-order valence-corrected chi connectivity index (χ2v) is 5.38. The summed E-state index contributed by atoms with van der Waals surface area (Å²) in [5, 5.41) is 9.80. The predicted octanol–water partition coefficient (Wildman–Crippen LogP) is 3.62. The Morgan fingerprint density at radius 1 is 1.33 bits per heavy atom. The minimum Gasteiger partial charge on any atom is -0.506 e. The molecule has 0 bridgehead atoms. The average Bonchev–Trinajstić information content (AvgIpc) is 2.07. The highest BCUT2D eigenvalue weighted by Crippen LogP contribution is 2.38. The molecule has 15 heavy (non-hydrogen) atoms. The molecule has 0 amide bonds. The monoisotopic (exact) mass is 293 g/mol. The zero-order chi connectivity index (χ0) is 10.9. The first-order valence-electron chi connectivity index (χ1n) is 4.57. The number of phenols is 1. The van der Waals surface area contributed by atoms with Crippen molar-refractivity contribution >= 4 is 28.3 Å². The Bertz CT molecular complexity index is 336. The first kappa shape index (κ1) is 14.8. The van der Waals surface area contributed by atoms with E-state index >= 15 is 0 Å². The molecule has 0 saturated carbocycles. The van der Waals surface area contributed by atoms with E-state index in [0.29, 0.717) is 4.47 Å². The van der Waals surface area contributed by atoms with Crippen LogP contribution < -0.4 is 5.73 Å². The van der Waals surface area contributed by atoms with Crippen LogP contribution in [0.4, 0.5) is 0 Å². The molecule has 2 nitrogen and oxygen atoms in total. The van der Waals surface area contributed by atoms with Crippen LogP contribution in [-0.2, 0) is 0 Å². The van der Waals surface area contributed by atoms with Crippen LogP contribution in [0.2, 0.25) is 0 Å². The van der Waals surface area contributed by atoms with Crippen molar-refractivity contribution in [3.63, 3.8) is 0 Å². The number of aromatic hydroxyl groups is 1. The third kappa shape index (κ3) is 3.37. The van der Waals surface area contributed by atoms with Gasteiger partial charge in [-0.1, -0.05) is 32.9 Å². The molecule has 0 heterocycles. The highest BCUT2D eigenvalue weighted by atomic mass is 79.9. The van der Waals surface area contributed by atoms with Crippen molar-refractivity contribution in [1.82, 2.24) is 0 Å². The lowest BCUT2D eigenvalue weighted by Gasteiger charge is -2.28. The molecule has 0 radical (unpaired) electrons. The number of rotatable bonds is 1. The van der Waals surface area contributed by atoms with Gasteiger partial charge in [0.15, 0.2) is 0 Å². The average molecular weight is 295 g/mol. The molecular formula is C11H17BrClNO. The van der Waals surface area contributed by atoms with Crippen LogP contribution >= 0.6 is 28.3 Å². The predicted molar refractivity (Wildman–Crippen MR) is 69.4 cm³/mol. The number of nitrogens with two attached hydrogens (primary N) is 1. The molecule has 0 fully saturated rings. The van der Waals surface area contributed by atoms with Gasteiger partial charge in [-0.3, -0.25) is 0 Å². The summed E-state index contributed by atoms with van der Waals surface area (Å²) >= 11 is 3.28. The van der Waals surface area contributed by atoms with Crippen LogP contribution in [-0.4, -0.2) is 5.11 Å². The molecule has 0 aromatic heterocycles. The van der Waals surface area contributed by atoms with Crippen LogP contribution in [0.1, 0.15) is 32.4 Å². The van der Waals surface area contributed by atoms with Crippen LogP contribution in [0, 0.1) is 5.41 Å². The van der Waals surface area contributed by atoms with Gasteiger partial charge >= 0.3 is 0 Å². The molecule has 0 saturated heterocycles. The maximum Gasteiger partial charge on any atom is 0.134 e. The summed E-state index contributed by atoms with van der Waals surface area (Å²) in [4.78, 5) is 0. The summed E-state index contributed by atoms with van der Waals surface area (Å²) in [5.74, 6) is 0.245. The van der Waals surface area contributed by atoms with E-state index in [1.165, 1.54) is 0 Å². The zero-order valence-electron chi connectivity index (χ0n) is 9.12. The van der Waals surface area contributed by atoms with Gasteiger partial charge in [0.05, 0.1) is 4.47 Å². The molecule has 0 aliphatic rings. The van der Waals surface area contributed by atoms with Gasteiger partial charge in [0, 0.05) is 11.6 Å². The lowest BCUT2D eigenvalue weighted by molar-refractivity contribution is 0.317. The minimum atomic E-state index is -0.167. The summed E-state index contributed by atoms with van der Waals surface area (Å²) in [5.41, 5.74) is 6.79. The third-order valence-corrected chi connectivity index (χ3v) is 2.93. The van der Waals surface area contributed by atoms with Crippen molar-refractivity contribution in [3.05, 3.63) is 28.2 Å². The molecule has 1 rings (SSSR count). The van der Waals surface area contributed by atoms with Crippen molar-refractivity contribution < 1.29 is 5.11 Å². The van der Waals surface area contributed by atoms with Crippen molar-refractivity contribution in [2.45, 2.75) is 26.8 Å². The molecule has 86 valence electrons. The number of benzene rings is 1. The van der Waals surface area contributed by atoms with Gasteiger partial charge in [-0.25, -0.2) is 0 Å². The Kier molecular flexibility index (Phi) is 5.10. The molecule has 4 heteroatoms. The molecule has 0 aliphatic carbocycles. The van der Waals surface area contributed by atoms with E-state index in [4.69, 9.17) is 5.73 Å². The molecule has 1 aromatic rings. The fourth-order valence-corrected chi connectivity index (χ4v) is 1.63. The van der Waals surface area contributed by atoms with Gasteiger partial charge in [-0.15, -0.1) is 12.4 Å². The summed E-state index contributed by atoms with van der Waals surface area (Å²) in [6, 6.07) is 5.37. The number of hydrogen-bond acceptors (Lipinski definition) is 2. The fraction of sp³-hybridized carbons (Fsp3) is 0.455. The Labute approximate surface area is 105 Å². The van der Waals surface area contributed by atoms with E-state index in [1.54, 1.807) is 6.07 Å². The molecule has 1 aromatic carbocycles. The lowest BCUT2D eigenvalue weighted by atomic mass is 9.83. The smallest absolute Gasteiger partial charge is 0.134 e. The standard InChI is InChI=1S/C11H16BrNO.ClH/c1-11(2,3)10(13)7-5-4-6-8(12)9(7)14;/h4-6,10,14H,13H2,1-3H3;1H/t10-;/m0./s1. The van der Waals surface area contributed by atoms with Crippen molar-refractivity contribution in [3.8, 4) is 5.75 Å². The van der Waals surface area contributed by atoms with Crippen LogP contribution in [0.25, 0.3) is 0 Å². The number of halogens is 2. The van der Waals surface area contributed by atoms with Crippen molar-refractivity contribution in [2.24, 2.45) is 11.1 Å². The molecular weight excluding hydrogens is 277 g/mol. The van der Waals surface area contributed by atoms with E-state index in [9.17, 15) is 5.11 Å². The van der Waals surface area contributed by atoms with E-state index in [1.807, 2.05) is 12.1 Å². The minimum absolute atomic E-state index is 0. The third-order valence-electron chi connectivity index (χ3n) is 2.29. The van der Waals surface area contributed by atoms with E-state index in [2.05, 4.69) is 36.7 Å². The largest absolute Gasteiger partial charge is 0.506 e. The molecule has 1 atom stereocenters. The summed E-state index contributed by atoms with van der Waals surface area (Å²) in [6.45, 7) is 6.16. The van der Waals surface area contributed by atoms with Gasteiger partial charge in [0.25, 0.3) is 0 Å². The quantitative estimate of drug-likeness (QED) is 0.831. The normalized spacial score (nSPS) is 13.1. The molecule has 0 unspecified atom stereocenters. The summed E-state index contributed by atoms with van der Waals surface area (Å²) < 4.78 is 0.690. The van der Waals surface area contributed by atoms with E-state index < -0.39 is 0 Å². The molecule has 0 spiro atoms. The van der Waals surface area contributed by atoms with E-state index in [0.717, 1.165) is 5.56 Å². The van der Waals surface area contributed by atoms with Gasteiger partial charge in [-0.2, -0.15) is 0 Å². The first-order chi connectivity index (χ1) is 6.34. The van der Waals surface area contributed by atoms with Gasteiger partial charge in [-0.05, 0) is 27.4 Å². The van der Waals surface area contributed by atoms with Crippen LogP contribution in [0.5, 0.6) is 5.75 Å². The van der Waals surface area contributed by atoms with Crippen molar-refractivity contribution in [1.29, 1.82) is 0 Å². The van der Waals surface area contributed by atoms with Crippen LogP contribution in [0.15, 0.2) is 22.7 Å². The topological polar surface area (TPSA) is 46.2 Å². The highest BCUT2D eigenvalue weighted by Gasteiger charge is 2.25. The van der Waals surface area contributed by atoms with Gasteiger partial charge in [0.1, 0.15) is 5.75 Å². The maximum absolute atomic E-state index is 9.80. The Morgan fingerprint density at radius 3 is 2.33 bits per heavy atom. The lowest BCUT2D eigenvalue weighted by Crippen LogP contribution is -2.26. The number of para-hydroxylation sites is 1. The maximum atomic E-state index is 9.80. The van der Waals surface area contributed by atoms with E-state index in [-0.39, 0.29) is 29.6 Å². The van der Waals surface area contributed by atoms with Gasteiger partial charge in [0.2, 0.25) is 0 Å². The van der Waals surface area contributed by atoms with Crippen molar-refractivity contribution in [2.75, 3.05) is 0 Å². The first-order valence-corrected chi connectivity index (χ1v) is 5.36.